The Labute approximate surface area is 157 Å². The quantitative estimate of drug-likeness (QED) is 0.598. The summed E-state index contributed by atoms with van der Waals surface area (Å²) in [5, 5.41) is 0.543. The molecular formula is C20H19ClN2O3. The summed E-state index contributed by atoms with van der Waals surface area (Å²) in [4.78, 5) is 40.5. The van der Waals surface area contributed by atoms with E-state index in [0.29, 0.717) is 10.6 Å². The second-order valence-electron chi connectivity index (χ2n) is 6.56. The van der Waals surface area contributed by atoms with Crippen LogP contribution < -0.4 is 0 Å². The fraction of sp³-hybridized carbons (Fsp3) is 0.250. The van der Waals surface area contributed by atoms with E-state index >= 15 is 0 Å². The molecule has 1 aliphatic rings. The van der Waals surface area contributed by atoms with Crippen LogP contribution in [0.5, 0.6) is 0 Å². The standard InChI is InChI=1S/C20H19ClN2O3/c1-20(12-15-10-6-7-11-16(15)21)18(25)23(19(26)22(20)2)13-17(24)14-8-4-3-5-9-14/h3-11H,12-13H2,1-2H3. The molecule has 2 aromatic carbocycles. The number of hydrogen-bond donors (Lipinski definition) is 0. The Morgan fingerprint density at radius 3 is 2.31 bits per heavy atom. The van der Waals surface area contributed by atoms with Gasteiger partial charge >= 0.3 is 6.03 Å². The van der Waals surface area contributed by atoms with Gasteiger partial charge in [0.2, 0.25) is 0 Å². The van der Waals surface area contributed by atoms with Crippen molar-refractivity contribution in [3.05, 3.63) is 70.7 Å². The van der Waals surface area contributed by atoms with Crippen molar-refractivity contribution in [2.24, 2.45) is 0 Å². The second-order valence-corrected chi connectivity index (χ2v) is 6.97. The molecule has 0 saturated carbocycles. The lowest BCUT2D eigenvalue weighted by atomic mass is 9.91. The Morgan fingerprint density at radius 2 is 1.65 bits per heavy atom. The number of urea groups is 1. The van der Waals surface area contributed by atoms with E-state index < -0.39 is 17.5 Å². The Hall–Kier alpha value is -2.66. The monoisotopic (exact) mass is 370 g/mol. The molecule has 1 fully saturated rings. The Morgan fingerprint density at radius 1 is 1.04 bits per heavy atom. The van der Waals surface area contributed by atoms with Gasteiger partial charge in [-0.2, -0.15) is 0 Å². The zero-order valence-corrected chi connectivity index (χ0v) is 15.4. The zero-order valence-electron chi connectivity index (χ0n) is 14.6. The van der Waals surface area contributed by atoms with E-state index in [9.17, 15) is 14.4 Å². The van der Waals surface area contributed by atoms with Crippen LogP contribution in [-0.4, -0.2) is 46.7 Å². The highest BCUT2D eigenvalue weighted by Crippen LogP contribution is 2.32. The molecule has 3 rings (SSSR count). The fourth-order valence-corrected chi connectivity index (χ4v) is 3.32. The predicted molar refractivity (Wildman–Crippen MR) is 99.2 cm³/mol. The van der Waals surface area contributed by atoms with Gasteiger partial charge in [-0.15, -0.1) is 0 Å². The van der Waals surface area contributed by atoms with Crippen LogP contribution in [0.4, 0.5) is 4.79 Å². The third kappa shape index (κ3) is 3.10. The highest BCUT2D eigenvalue weighted by atomic mass is 35.5. The van der Waals surface area contributed by atoms with Gasteiger partial charge in [-0.3, -0.25) is 14.5 Å². The summed E-state index contributed by atoms with van der Waals surface area (Å²) in [6.45, 7) is 1.42. The minimum Gasteiger partial charge on any atom is -0.313 e. The third-order valence-electron chi connectivity index (χ3n) is 4.85. The van der Waals surface area contributed by atoms with Crippen molar-refractivity contribution in [1.82, 2.24) is 9.80 Å². The molecule has 0 aliphatic carbocycles. The van der Waals surface area contributed by atoms with Gasteiger partial charge in [0.1, 0.15) is 5.54 Å². The van der Waals surface area contributed by atoms with Crippen molar-refractivity contribution < 1.29 is 14.4 Å². The van der Waals surface area contributed by atoms with Crippen LogP contribution in [0.15, 0.2) is 54.6 Å². The van der Waals surface area contributed by atoms with Crippen molar-refractivity contribution >= 4 is 29.3 Å². The van der Waals surface area contributed by atoms with E-state index in [1.165, 1.54) is 4.90 Å². The van der Waals surface area contributed by atoms with Crippen LogP contribution in [0.3, 0.4) is 0 Å². The van der Waals surface area contributed by atoms with Gasteiger partial charge in [0.25, 0.3) is 5.91 Å². The summed E-state index contributed by atoms with van der Waals surface area (Å²) in [5.41, 5.74) is 0.162. The van der Waals surface area contributed by atoms with Crippen molar-refractivity contribution in [2.75, 3.05) is 13.6 Å². The van der Waals surface area contributed by atoms with Crippen molar-refractivity contribution in [2.45, 2.75) is 18.9 Å². The van der Waals surface area contributed by atoms with Crippen molar-refractivity contribution in [3.63, 3.8) is 0 Å². The van der Waals surface area contributed by atoms with Gasteiger partial charge < -0.3 is 4.90 Å². The number of Topliss-reactive ketones (excluding diaryl/α,β-unsaturated/α-hetero) is 1. The van der Waals surface area contributed by atoms with E-state index in [4.69, 9.17) is 11.6 Å². The van der Waals surface area contributed by atoms with E-state index in [-0.39, 0.29) is 18.7 Å². The predicted octanol–water partition coefficient (Wildman–Crippen LogP) is 3.42. The first-order valence-electron chi connectivity index (χ1n) is 8.26. The van der Waals surface area contributed by atoms with Gasteiger partial charge in [-0.1, -0.05) is 60.1 Å². The highest BCUT2D eigenvalue weighted by Gasteiger charge is 2.52. The summed E-state index contributed by atoms with van der Waals surface area (Å²) in [5.74, 6) is -0.670. The van der Waals surface area contributed by atoms with E-state index in [1.807, 2.05) is 18.2 Å². The number of rotatable bonds is 5. The van der Waals surface area contributed by atoms with Gasteiger partial charge in [0.05, 0.1) is 6.54 Å². The average molecular weight is 371 g/mol. The number of halogens is 1. The molecule has 0 aromatic heterocycles. The molecular weight excluding hydrogens is 352 g/mol. The number of ketones is 1. The molecule has 1 saturated heterocycles. The zero-order chi connectivity index (χ0) is 18.9. The minimum atomic E-state index is -1.08. The Kier molecular flexibility index (Phi) is 4.83. The van der Waals surface area contributed by atoms with Crippen LogP contribution in [0.2, 0.25) is 5.02 Å². The maximum absolute atomic E-state index is 13.0. The molecule has 134 valence electrons. The molecule has 5 nitrogen and oxygen atoms in total. The van der Waals surface area contributed by atoms with E-state index in [0.717, 1.165) is 10.5 Å². The van der Waals surface area contributed by atoms with E-state index in [2.05, 4.69) is 0 Å². The SMILES string of the molecule is CN1C(=O)N(CC(=O)c2ccccc2)C(=O)C1(C)Cc1ccccc1Cl. The van der Waals surface area contributed by atoms with E-state index in [1.54, 1.807) is 50.4 Å². The highest BCUT2D eigenvalue weighted by molar-refractivity contribution is 6.31. The Bertz CT molecular complexity index is 868. The molecule has 6 heteroatoms. The van der Waals surface area contributed by atoms with Crippen LogP contribution in [0, 0.1) is 0 Å². The third-order valence-corrected chi connectivity index (χ3v) is 5.22. The first kappa shape index (κ1) is 18.1. The van der Waals surface area contributed by atoms with Gasteiger partial charge in [0, 0.05) is 24.1 Å². The number of imide groups is 1. The molecule has 1 atom stereocenters. The number of likely N-dealkylation sites (N-methyl/N-ethyl adjacent to an activating group) is 1. The smallest absolute Gasteiger partial charge is 0.313 e. The lowest BCUT2D eigenvalue weighted by molar-refractivity contribution is -0.132. The molecule has 1 unspecified atom stereocenters. The molecule has 26 heavy (non-hydrogen) atoms. The lowest BCUT2D eigenvalue weighted by Crippen LogP contribution is -2.47. The van der Waals surface area contributed by atoms with Crippen LogP contribution in [0.25, 0.3) is 0 Å². The summed E-state index contributed by atoms with van der Waals surface area (Å²) >= 11 is 6.21. The molecule has 3 amide bonds. The van der Waals surface area contributed by atoms with Crippen LogP contribution in [-0.2, 0) is 11.2 Å². The molecule has 1 aliphatic heterocycles. The lowest BCUT2D eigenvalue weighted by Gasteiger charge is -2.28. The number of nitrogens with zero attached hydrogens (tertiary/aromatic N) is 2. The summed E-state index contributed by atoms with van der Waals surface area (Å²) in [6.07, 6.45) is 0.282. The van der Waals surface area contributed by atoms with Crippen LogP contribution >= 0.6 is 11.6 Å². The van der Waals surface area contributed by atoms with Gasteiger partial charge in [0.15, 0.2) is 5.78 Å². The molecule has 0 N–H and O–H groups in total. The number of amides is 3. The normalized spacial score (nSPS) is 20.0. The minimum absolute atomic E-state index is 0.274. The largest absolute Gasteiger partial charge is 0.327 e. The fourth-order valence-electron chi connectivity index (χ4n) is 3.12. The number of carbonyl (C=O) groups excluding carboxylic acids is 3. The molecule has 1 heterocycles. The topological polar surface area (TPSA) is 57.7 Å². The molecule has 2 aromatic rings. The van der Waals surface area contributed by atoms with Crippen molar-refractivity contribution in [3.8, 4) is 0 Å². The average Bonchev–Trinajstić information content (AvgIpc) is 2.80. The number of hydrogen-bond acceptors (Lipinski definition) is 3. The first-order valence-corrected chi connectivity index (χ1v) is 8.64. The maximum Gasteiger partial charge on any atom is 0.327 e. The summed E-state index contributed by atoms with van der Waals surface area (Å²) in [7, 11) is 1.57. The maximum atomic E-state index is 13.0. The molecule has 0 spiro atoms. The number of benzene rings is 2. The van der Waals surface area contributed by atoms with Gasteiger partial charge in [-0.25, -0.2) is 4.79 Å². The first-order chi connectivity index (χ1) is 12.3. The van der Waals surface area contributed by atoms with Gasteiger partial charge in [-0.05, 0) is 18.6 Å². The van der Waals surface area contributed by atoms with Crippen LogP contribution in [0.1, 0.15) is 22.8 Å². The van der Waals surface area contributed by atoms with Crippen molar-refractivity contribution in [1.29, 1.82) is 0 Å². The Balaban J connectivity index is 1.84. The summed E-state index contributed by atoms with van der Waals surface area (Å²) < 4.78 is 0. The molecule has 0 radical (unpaired) electrons. The number of carbonyl (C=O) groups is 3. The second kappa shape index (κ2) is 6.92. The molecule has 0 bridgehead atoms. The summed E-state index contributed by atoms with van der Waals surface area (Å²) in [6, 6.07) is 15.4.